The predicted molar refractivity (Wildman–Crippen MR) is 78.5 cm³/mol. The zero-order valence-electron chi connectivity index (χ0n) is 12.7. The van der Waals surface area contributed by atoms with Crippen molar-refractivity contribution >= 4 is 10.0 Å². The molecule has 0 aliphatic carbocycles. The molecule has 1 aromatic carbocycles. The molecule has 5 nitrogen and oxygen atoms in total. The number of hydrogen-bond donors (Lipinski definition) is 1. The van der Waals surface area contributed by atoms with Crippen LogP contribution >= 0.6 is 0 Å². The molecule has 0 radical (unpaired) electrons. The molecule has 0 aliphatic rings. The first kappa shape index (κ1) is 16.9. The zero-order chi connectivity index (χ0) is 15.6. The minimum Gasteiger partial charge on any atom is -0.495 e. The van der Waals surface area contributed by atoms with E-state index in [-0.39, 0.29) is 18.0 Å². The molecule has 0 heterocycles. The van der Waals surface area contributed by atoms with Crippen molar-refractivity contribution in [2.45, 2.75) is 38.2 Å². The van der Waals surface area contributed by atoms with Gasteiger partial charge < -0.3 is 9.84 Å². The maximum absolute atomic E-state index is 12.7. The number of hydrogen-bond acceptors (Lipinski definition) is 4. The van der Waals surface area contributed by atoms with Crippen LogP contribution in [0.15, 0.2) is 23.1 Å². The summed E-state index contributed by atoms with van der Waals surface area (Å²) in [5, 5.41) is 9.87. The molecule has 0 aromatic heterocycles. The molecule has 0 atom stereocenters. The van der Waals surface area contributed by atoms with E-state index in [2.05, 4.69) is 0 Å². The second kappa shape index (κ2) is 6.11. The van der Waals surface area contributed by atoms with Crippen LogP contribution in [0.3, 0.4) is 0 Å². The highest BCUT2D eigenvalue weighted by Gasteiger charge is 2.30. The molecule has 0 spiro atoms. The minimum absolute atomic E-state index is 0.0307. The summed E-state index contributed by atoms with van der Waals surface area (Å²) >= 11 is 0. The summed E-state index contributed by atoms with van der Waals surface area (Å²) in [7, 11) is -2.26. The van der Waals surface area contributed by atoms with Gasteiger partial charge >= 0.3 is 0 Å². The third-order valence-electron chi connectivity index (χ3n) is 2.85. The first-order valence-corrected chi connectivity index (χ1v) is 7.93. The van der Waals surface area contributed by atoms with Crippen LogP contribution in [0.2, 0.25) is 0 Å². The molecule has 0 saturated heterocycles. The van der Waals surface area contributed by atoms with Crippen molar-refractivity contribution in [3.05, 3.63) is 23.8 Å². The quantitative estimate of drug-likeness (QED) is 0.870. The molecular weight excluding hydrogens is 278 g/mol. The van der Waals surface area contributed by atoms with E-state index in [4.69, 9.17) is 4.74 Å². The number of likely N-dealkylation sites (N-methyl/N-ethyl adjacent to an activating group) is 1. The number of ether oxygens (including phenoxy) is 1. The van der Waals surface area contributed by atoms with Crippen LogP contribution in [-0.2, 0) is 10.0 Å². The molecule has 1 rings (SSSR count). The first-order valence-electron chi connectivity index (χ1n) is 6.49. The van der Waals surface area contributed by atoms with Crippen molar-refractivity contribution in [2.24, 2.45) is 0 Å². The van der Waals surface area contributed by atoms with Gasteiger partial charge in [-0.3, -0.25) is 0 Å². The van der Waals surface area contributed by atoms with Crippen molar-refractivity contribution in [2.75, 3.05) is 20.2 Å². The van der Waals surface area contributed by atoms with Crippen molar-refractivity contribution in [1.82, 2.24) is 4.31 Å². The predicted octanol–water partition coefficient (Wildman–Crippen LogP) is 1.79. The lowest BCUT2D eigenvalue weighted by molar-refractivity contribution is 0.0601. The Morgan fingerprint density at radius 3 is 2.40 bits per heavy atom. The van der Waals surface area contributed by atoms with Gasteiger partial charge in [-0.2, -0.15) is 4.31 Å². The van der Waals surface area contributed by atoms with Gasteiger partial charge in [0.15, 0.2) is 0 Å². The normalized spacial score (nSPS) is 12.8. The molecule has 0 bridgehead atoms. The molecule has 1 N–H and O–H groups in total. The highest BCUT2D eigenvalue weighted by molar-refractivity contribution is 7.89. The summed E-state index contributed by atoms with van der Waals surface area (Å²) in [6.45, 7) is 7.04. The lowest BCUT2D eigenvalue weighted by Crippen LogP contribution is -2.42. The van der Waals surface area contributed by atoms with E-state index in [0.29, 0.717) is 5.75 Å². The Bertz CT molecular complexity index is 561. The molecule has 1 aromatic rings. The van der Waals surface area contributed by atoms with E-state index in [0.717, 1.165) is 5.56 Å². The van der Waals surface area contributed by atoms with Gasteiger partial charge in [0.2, 0.25) is 10.0 Å². The van der Waals surface area contributed by atoms with Crippen LogP contribution in [0.4, 0.5) is 0 Å². The summed E-state index contributed by atoms with van der Waals surface area (Å²) in [5.41, 5.74) is -0.260. The van der Waals surface area contributed by atoms with Gasteiger partial charge in [0, 0.05) is 13.1 Å². The smallest absolute Gasteiger partial charge is 0.246 e. The number of rotatable bonds is 6. The average molecular weight is 301 g/mol. The lowest BCUT2D eigenvalue weighted by Gasteiger charge is -2.28. The van der Waals surface area contributed by atoms with E-state index < -0.39 is 15.6 Å². The minimum atomic E-state index is -3.70. The number of nitrogens with zero attached hydrogens (tertiary/aromatic N) is 1. The van der Waals surface area contributed by atoms with Crippen molar-refractivity contribution in [3.8, 4) is 5.75 Å². The topological polar surface area (TPSA) is 66.8 Å². The number of benzene rings is 1. The molecule has 20 heavy (non-hydrogen) atoms. The highest BCUT2D eigenvalue weighted by Crippen LogP contribution is 2.28. The van der Waals surface area contributed by atoms with E-state index >= 15 is 0 Å². The summed E-state index contributed by atoms with van der Waals surface area (Å²) in [4.78, 5) is 0.131. The van der Waals surface area contributed by atoms with Crippen LogP contribution in [0.1, 0.15) is 26.3 Å². The maximum atomic E-state index is 12.7. The number of aryl methyl sites for hydroxylation is 1. The summed E-state index contributed by atoms with van der Waals surface area (Å²) < 4.78 is 31.8. The van der Waals surface area contributed by atoms with Gasteiger partial charge in [0.25, 0.3) is 0 Å². The van der Waals surface area contributed by atoms with E-state index in [1.807, 2.05) is 6.92 Å². The number of aliphatic hydroxyl groups is 1. The van der Waals surface area contributed by atoms with E-state index in [1.54, 1.807) is 39.0 Å². The lowest BCUT2D eigenvalue weighted by atomic mass is 10.1. The van der Waals surface area contributed by atoms with E-state index in [1.165, 1.54) is 11.4 Å². The van der Waals surface area contributed by atoms with Crippen LogP contribution in [-0.4, -0.2) is 43.6 Å². The summed E-state index contributed by atoms with van der Waals surface area (Å²) in [5.74, 6) is 0.310. The second-order valence-corrected chi connectivity index (χ2v) is 7.30. The Morgan fingerprint density at radius 1 is 1.35 bits per heavy atom. The SMILES string of the molecule is CCN(CC(C)(C)O)S(=O)(=O)c1cc(C)ccc1OC. The fourth-order valence-electron chi connectivity index (χ4n) is 1.92. The van der Waals surface area contributed by atoms with Gasteiger partial charge in [-0.05, 0) is 38.5 Å². The van der Waals surface area contributed by atoms with Crippen LogP contribution < -0.4 is 4.74 Å². The van der Waals surface area contributed by atoms with Crippen molar-refractivity contribution in [3.63, 3.8) is 0 Å². The largest absolute Gasteiger partial charge is 0.495 e. The summed E-state index contributed by atoms with van der Waals surface area (Å²) in [6.07, 6.45) is 0. The van der Waals surface area contributed by atoms with Gasteiger partial charge in [-0.1, -0.05) is 13.0 Å². The molecule has 0 saturated carbocycles. The summed E-state index contributed by atoms with van der Waals surface area (Å²) in [6, 6.07) is 5.02. The van der Waals surface area contributed by atoms with Gasteiger partial charge in [0.1, 0.15) is 10.6 Å². The fourth-order valence-corrected chi connectivity index (χ4v) is 3.77. The molecule has 114 valence electrons. The highest BCUT2D eigenvalue weighted by atomic mass is 32.2. The third-order valence-corrected chi connectivity index (χ3v) is 4.79. The molecule has 0 fully saturated rings. The molecule has 0 amide bonds. The molecule has 0 unspecified atom stereocenters. The van der Waals surface area contributed by atoms with Gasteiger partial charge in [-0.15, -0.1) is 0 Å². The molecule has 6 heteroatoms. The van der Waals surface area contributed by atoms with Crippen LogP contribution in [0.25, 0.3) is 0 Å². The molecular formula is C14H23NO4S. The Morgan fingerprint density at radius 2 is 1.95 bits per heavy atom. The molecule has 0 aliphatic heterocycles. The number of sulfonamides is 1. The van der Waals surface area contributed by atoms with Crippen molar-refractivity contribution < 1.29 is 18.3 Å². The van der Waals surface area contributed by atoms with Gasteiger partial charge in [0.05, 0.1) is 12.7 Å². The Hall–Kier alpha value is -1.11. The average Bonchev–Trinajstić information content (AvgIpc) is 2.34. The number of methoxy groups -OCH3 is 1. The Balaban J connectivity index is 3.30. The van der Waals surface area contributed by atoms with Gasteiger partial charge in [-0.25, -0.2) is 8.42 Å². The monoisotopic (exact) mass is 301 g/mol. The Kier molecular flexibility index (Phi) is 5.18. The standard InChI is InChI=1S/C14H23NO4S/c1-6-15(10-14(3,4)16)20(17,18)13-9-11(2)7-8-12(13)19-5/h7-9,16H,6,10H2,1-5H3. The zero-order valence-corrected chi connectivity index (χ0v) is 13.5. The fraction of sp³-hybridized carbons (Fsp3) is 0.571. The van der Waals surface area contributed by atoms with Crippen LogP contribution in [0, 0.1) is 6.92 Å². The van der Waals surface area contributed by atoms with Crippen LogP contribution in [0.5, 0.6) is 5.75 Å². The van der Waals surface area contributed by atoms with E-state index in [9.17, 15) is 13.5 Å². The first-order chi connectivity index (χ1) is 9.11. The second-order valence-electron chi connectivity index (χ2n) is 5.40. The third kappa shape index (κ3) is 3.94. The maximum Gasteiger partial charge on any atom is 0.246 e. The Labute approximate surface area is 121 Å². The van der Waals surface area contributed by atoms with Crippen molar-refractivity contribution in [1.29, 1.82) is 0 Å².